The molecule has 6 heteroatoms. The fourth-order valence-electron chi connectivity index (χ4n) is 1.41. The van der Waals surface area contributed by atoms with Gasteiger partial charge in [0.05, 0.1) is 0 Å². The van der Waals surface area contributed by atoms with Gasteiger partial charge in [-0.05, 0) is 31.2 Å². The van der Waals surface area contributed by atoms with Crippen molar-refractivity contribution in [1.29, 1.82) is 0 Å². The smallest absolute Gasteiger partial charge is 0.339 e. The Labute approximate surface area is 109 Å². The van der Waals surface area contributed by atoms with E-state index in [1.807, 2.05) is 0 Å². The van der Waals surface area contributed by atoms with Gasteiger partial charge in [-0.25, -0.2) is 8.78 Å². The molecule has 0 spiro atoms. The summed E-state index contributed by atoms with van der Waals surface area (Å²) in [5, 5.41) is 0. The third-order valence-corrected chi connectivity index (χ3v) is 3.65. The first kappa shape index (κ1) is 13.5. The molecule has 0 aromatic heterocycles. The molecule has 0 unspecified atom stereocenters. The highest BCUT2D eigenvalue weighted by molar-refractivity contribution is 7.87. The van der Waals surface area contributed by atoms with E-state index >= 15 is 0 Å². The Morgan fingerprint density at radius 1 is 1.00 bits per heavy atom. The molecule has 0 saturated carbocycles. The van der Waals surface area contributed by atoms with E-state index in [0.29, 0.717) is 6.07 Å². The number of rotatable bonds is 3. The lowest BCUT2D eigenvalue weighted by atomic mass is 10.2. The van der Waals surface area contributed by atoms with E-state index in [-0.39, 0.29) is 4.90 Å². The molecule has 100 valence electrons. The highest BCUT2D eigenvalue weighted by Crippen LogP contribution is 2.22. The van der Waals surface area contributed by atoms with Crippen molar-refractivity contribution in [3.05, 3.63) is 59.7 Å². The number of hydrogen-bond acceptors (Lipinski definition) is 3. The van der Waals surface area contributed by atoms with Gasteiger partial charge in [0.25, 0.3) is 0 Å². The van der Waals surface area contributed by atoms with Gasteiger partial charge in [-0.15, -0.1) is 0 Å². The number of aryl methyl sites for hydroxylation is 1. The molecule has 0 aliphatic rings. The van der Waals surface area contributed by atoms with E-state index in [0.717, 1.165) is 17.7 Å². The van der Waals surface area contributed by atoms with E-state index in [9.17, 15) is 17.2 Å². The molecule has 2 aromatic rings. The predicted molar refractivity (Wildman–Crippen MR) is 65.4 cm³/mol. The third-order valence-electron chi connectivity index (χ3n) is 2.40. The van der Waals surface area contributed by atoms with E-state index in [4.69, 9.17) is 0 Å². The van der Waals surface area contributed by atoms with Gasteiger partial charge in [0, 0.05) is 6.07 Å². The van der Waals surface area contributed by atoms with Crippen LogP contribution in [-0.4, -0.2) is 8.42 Å². The van der Waals surface area contributed by atoms with E-state index in [1.165, 1.54) is 12.1 Å². The summed E-state index contributed by atoms with van der Waals surface area (Å²) in [5.74, 6) is -2.42. The molecule has 3 nitrogen and oxygen atoms in total. The van der Waals surface area contributed by atoms with Gasteiger partial charge >= 0.3 is 10.1 Å². The quantitative estimate of drug-likeness (QED) is 0.814. The standard InChI is InChI=1S/C13H10F2O3S/c1-9-2-5-11(6-3-9)19(16,17)18-13-7-4-10(14)8-12(13)15/h2-8H,1H3. The van der Waals surface area contributed by atoms with Gasteiger partial charge in [0.15, 0.2) is 11.6 Å². The Hall–Kier alpha value is -1.95. The molecule has 0 radical (unpaired) electrons. The molecule has 0 fully saturated rings. The van der Waals surface area contributed by atoms with Crippen molar-refractivity contribution in [2.24, 2.45) is 0 Å². The number of halogens is 2. The third kappa shape index (κ3) is 3.08. The van der Waals surface area contributed by atoms with E-state index in [1.54, 1.807) is 19.1 Å². The average molecular weight is 284 g/mol. The molecule has 0 heterocycles. The minimum Gasteiger partial charge on any atom is -0.376 e. The van der Waals surface area contributed by atoms with Crippen LogP contribution in [0.3, 0.4) is 0 Å². The van der Waals surface area contributed by atoms with Crippen molar-refractivity contribution >= 4 is 10.1 Å². The van der Waals surface area contributed by atoms with Crippen LogP contribution in [0.5, 0.6) is 5.75 Å². The van der Waals surface area contributed by atoms with E-state index < -0.39 is 27.5 Å². The predicted octanol–water partition coefficient (Wildman–Crippen LogP) is 3.04. The summed E-state index contributed by atoms with van der Waals surface area (Å²) in [6.07, 6.45) is 0. The maximum atomic E-state index is 13.3. The highest BCUT2D eigenvalue weighted by atomic mass is 32.2. The molecular weight excluding hydrogens is 274 g/mol. The minimum atomic E-state index is -4.13. The normalized spacial score (nSPS) is 11.3. The summed E-state index contributed by atoms with van der Waals surface area (Å²) in [4.78, 5) is -0.0955. The molecule has 0 aliphatic heterocycles. The Balaban J connectivity index is 2.33. The first-order chi connectivity index (χ1) is 8.88. The Bertz CT molecular complexity index is 694. The van der Waals surface area contributed by atoms with Crippen LogP contribution in [0.4, 0.5) is 8.78 Å². The zero-order chi connectivity index (χ0) is 14.0. The van der Waals surface area contributed by atoms with Gasteiger partial charge in [-0.1, -0.05) is 17.7 Å². The van der Waals surface area contributed by atoms with Crippen molar-refractivity contribution < 1.29 is 21.4 Å². The summed E-state index contributed by atoms with van der Waals surface area (Å²) in [5.41, 5.74) is 0.881. The van der Waals surface area contributed by atoms with Crippen molar-refractivity contribution in [1.82, 2.24) is 0 Å². The van der Waals surface area contributed by atoms with Crippen molar-refractivity contribution in [2.45, 2.75) is 11.8 Å². The summed E-state index contributed by atoms with van der Waals surface area (Å²) in [6, 6.07) is 8.30. The summed E-state index contributed by atoms with van der Waals surface area (Å²) < 4.78 is 54.4. The first-order valence-corrected chi connectivity index (χ1v) is 6.75. The SMILES string of the molecule is Cc1ccc(S(=O)(=O)Oc2ccc(F)cc2F)cc1. The number of hydrogen-bond donors (Lipinski definition) is 0. The first-order valence-electron chi connectivity index (χ1n) is 5.35. The molecule has 0 saturated heterocycles. The van der Waals surface area contributed by atoms with Crippen molar-refractivity contribution in [3.8, 4) is 5.75 Å². The van der Waals surface area contributed by atoms with Crippen LogP contribution in [0.15, 0.2) is 47.4 Å². The second kappa shape index (κ2) is 4.97. The second-order valence-corrected chi connectivity index (χ2v) is 5.47. The second-order valence-electron chi connectivity index (χ2n) is 3.93. The fourth-order valence-corrected chi connectivity index (χ4v) is 2.35. The summed E-state index contributed by atoms with van der Waals surface area (Å²) >= 11 is 0. The molecule has 0 bridgehead atoms. The minimum absolute atomic E-state index is 0.0955. The van der Waals surface area contributed by atoms with Crippen LogP contribution < -0.4 is 4.18 Å². The molecule has 2 aromatic carbocycles. The molecule has 0 atom stereocenters. The van der Waals surface area contributed by atoms with E-state index in [2.05, 4.69) is 4.18 Å². The Kier molecular flexibility index (Phi) is 3.53. The average Bonchev–Trinajstić information content (AvgIpc) is 2.33. The van der Waals surface area contributed by atoms with Crippen LogP contribution >= 0.6 is 0 Å². The lowest BCUT2D eigenvalue weighted by Crippen LogP contribution is -2.10. The summed E-state index contributed by atoms with van der Waals surface area (Å²) in [6.45, 7) is 1.80. The maximum absolute atomic E-state index is 13.3. The maximum Gasteiger partial charge on any atom is 0.339 e. The molecule has 0 amide bonds. The molecule has 2 rings (SSSR count). The monoisotopic (exact) mass is 284 g/mol. The largest absolute Gasteiger partial charge is 0.376 e. The lowest BCUT2D eigenvalue weighted by Gasteiger charge is -2.08. The van der Waals surface area contributed by atoms with Crippen LogP contribution in [0.25, 0.3) is 0 Å². The zero-order valence-electron chi connectivity index (χ0n) is 9.93. The number of benzene rings is 2. The lowest BCUT2D eigenvalue weighted by molar-refractivity contribution is 0.457. The van der Waals surface area contributed by atoms with Crippen molar-refractivity contribution in [3.63, 3.8) is 0 Å². The van der Waals surface area contributed by atoms with Gasteiger partial charge in [-0.2, -0.15) is 8.42 Å². The van der Waals surface area contributed by atoms with Crippen LogP contribution in [-0.2, 0) is 10.1 Å². The molecule has 19 heavy (non-hydrogen) atoms. The van der Waals surface area contributed by atoms with Gasteiger partial charge in [-0.3, -0.25) is 0 Å². The fraction of sp³-hybridized carbons (Fsp3) is 0.0769. The van der Waals surface area contributed by atoms with Crippen LogP contribution in [0.1, 0.15) is 5.56 Å². The highest BCUT2D eigenvalue weighted by Gasteiger charge is 2.18. The Morgan fingerprint density at radius 2 is 1.63 bits per heavy atom. The topological polar surface area (TPSA) is 43.4 Å². The summed E-state index contributed by atoms with van der Waals surface area (Å²) in [7, 11) is -4.13. The van der Waals surface area contributed by atoms with Gasteiger partial charge < -0.3 is 4.18 Å². The Morgan fingerprint density at radius 3 is 2.21 bits per heavy atom. The zero-order valence-corrected chi connectivity index (χ0v) is 10.7. The van der Waals surface area contributed by atoms with Crippen LogP contribution in [0, 0.1) is 18.6 Å². The molecule has 0 aliphatic carbocycles. The van der Waals surface area contributed by atoms with Crippen LogP contribution in [0.2, 0.25) is 0 Å². The molecule has 0 N–H and O–H groups in total. The van der Waals surface area contributed by atoms with Gasteiger partial charge in [0.2, 0.25) is 0 Å². The van der Waals surface area contributed by atoms with Crippen molar-refractivity contribution in [2.75, 3.05) is 0 Å². The van der Waals surface area contributed by atoms with Gasteiger partial charge in [0.1, 0.15) is 10.7 Å². The molecular formula is C13H10F2O3S.